The maximum Gasteiger partial charge on any atom is 0.0562 e. The van der Waals surface area contributed by atoms with Crippen LogP contribution < -0.4 is 11.1 Å². The molecule has 0 amide bonds. The largest absolute Gasteiger partial charge is 0.403 e. The zero-order chi connectivity index (χ0) is 9.28. The van der Waals surface area contributed by atoms with Crippen LogP contribution in [0.5, 0.6) is 0 Å². The molecular weight excluding hydrogens is 136 g/mol. The molecule has 0 aliphatic carbocycles. The Labute approximate surface area is 69.5 Å². The molecule has 0 saturated carbocycles. The molecule has 0 aromatic carbocycles. The van der Waals surface area contributed by atoms with Gasteiger partial charge in [0.05, 0.1) is 5.70 Å². The lowest BCUT2D eigenvalue weighted by Crippen LogP contribution is -2.08. The van der Waals surface area contributed by atoms with E-state index in [1.165, 1.54) is 6.20 Å². The molecule has 0 heterocycles. The first-order valence-electron chi connectivity index (χ1n) is 3.67. The van der Waals surface area contributed by atoms with Crippen molar-refractivity contribution in [1.29, 1.82) is 0 Å². The summed E-state index contributed by atoms with van der Waals surface area (Å²) in [6, 6.07) is 0. The Hall–Kier alpha value is -1.18. The van der Waals surface area contributed by atoms with Crippen LogP contribution in [-0.2, 0) is 0 Å². The molecule has 2 heteroatoms. The summed E-state index contributed by atoms with van der Waals surface area (Å²) >= 11 is 0. The molecule has 2 nitrogen and oxygen atoms in total. The Morgan fingerprint density at radius 2 is 1.91 bits per heavy atom. The van der Waals surface area contributed by atoms with E-state index in [0.717, 1.165) is 11.3 Å². The lowest BCUT2D eigenvalue weighted by Gasteiger charge is -2.02. The van der Waals surface area contributed by atoms with Crippen molar-refractivity contribution < 1.29 is 0 Å². The molecule has 0 bridgehead atoms. The van der Waals surface area contributed by atoms with E-state index in [-0.39, 0.29) is 0 Å². The van der Waals surface area contributed by atoms with Crippen LogP contribution in [0.4, 0.5) is 0 Å². The van der Waals surface area contributed by atoms with E-state index in [2.05, 4.69) is 18.5 Å². The van der Waals surface area contributed by atoms with Crippen molar-refractivity contribution in [2.24, 2.45) is 5.73 Å². The van der Waals surface area contributed by atoms with Crippen molar-refractivity contribution in [3.8, 4) is 0 Å². The van der Waals surface area contributed by atoms with Crippen LogP contribution >= 0.6 is 0 Å². The zero-order valence-corrected chi connectivity index (χ0v) is 7.65. The van der Waals surface area contributed by atoms with Gasteiger partial charge < -0.3 is 11.1 Å². The fraction of sp³-hybridized carbons (Fsp3) is 0.333. The molecular formula is C9H18N2. The molecule has 0 spiro atoms. The van der Waals surface area contributed by atoms with Gasteiger partial charge in [-0.1, -0.05) is 33.1 Å². The predicted molar refractivity (Wildman–Crippen MR) is 52.0 cm³/mol. The monoisotopic (exact) mass is 154 g/mol. The average molecular weight is 154 g/mol. The summed E-state index contributed by atoms with van der Waals surface area (Å²) < 4.78 is 0. The molecule has 11 heavy (non-hydrogen) atoms. The summed E-state index contributed by atoms with van der Waals surface area (Å²) in [5.41, 5.74) is 6.84. The minimum Gasteiger partial charge on any atom is -0.403 e. The maximum atomic E-state index is 5.23. The van der Waals surface area contributed by atoms with E-state index in [0.29, 0.717) is 0 Å². The minimum absolute atomic E-state index is 0.806. The van der Waals surface area contributed by atoms with Gasteiger partial charge >= 0.3 is 0 Å². The molecule has 0 aliphatic rings. The highest BCUT2D eigenvalue weighted by Crippen LogP contribution is 2.00. The topological polar surface area (TPSA) is 38.0 Å². The molecule has 0 aliphatic heterocycles. The summed E-state index contributed by atoms with van der Waals surface area (Å²) in [5, 5.41) is 2.87. The van der Waals surface area contributed by atoms with E-state index < -0.39 is 0 Å². The van der Waals surface area contributed by atoms with E-state index >= 15 is 0 Å². The molecule has 0 unspecified atom stereocenters. The van der Waals surface area contributed by atoms with Crippen LogP contribution in [0.2, 0.25) is 0 Å². The highest BCUT2D eigenvalue weighted by Gasteiger charge is 1.90. The van der Waals surface area contributed by atoms with Gasteiger partial charge in [0.2, 0.25) is 0 Å². The standard InChI is InChI=1S/C7H12N2.C2H6/c1-4-6(2)7(5-8)9-3;1-2/h4-5,9H,1-2,8H2,3H3;1-2H3/b7-5+;. The summed E-state index contributed by atoms with van der Waals surface area (Å²) in [7, 11) is 1.79. The van der Waals surface area contributed by atoms with Gasteiger partial charge in [-0.05, 0) is 5.57 Å². The van der Waals surface area contributed by atoms with Gasteiger partial charge in [0.1, 0.15) is 0 Å². The van der Waals surface area contributed by atoms with Gasteiger partial charge in [-0.2, -0.15) is 0 Å². The number of nitrogens with one attached hydrogen (secondary N) is 1. The molecule has 0 rings (SSSR count). The Kier molecular flexibility index (Phi) is 10.0. The zero-order valence-electron chi connectivity index (χ0n) is 7.65. The lowest BCUT2D eigenvalue weighted by atomic mass is 10.2. The SMILES string of the molecule is C=CC(=C)/C(=C\N)NC.CC. The predicted octanol–water partition coefficient (Wildman–Crippen LogP) is 1.77. The minimum atomic E-state index is 0.806. The number of nitrogens with two attached hydrogens (primary N) is 1. The van der Waals surface area contributed by atoms with Gasteiger partial charge in [0, 0.05) is 13.2 Å². The summed E-state index contributed by atoms with van der Waals surface area (Å²) in [6.45, 7) is 11.2. The van der Waals surface area contributed by atoms with Crippen LogP contribution in [0.25, 0.3) is 0 Å². The summed E-state index contributed by atoms with van der Waals surface area (Å²) in [4.78, 5) is 0. The molecule has 0 radical (unpaired) electrons. The maximum absolute atomic E-state index is 5.23. The third kappa shape index (κ3) is 5.27. The third-order valence-electron chi connectivity index (χ3n) is 1.03. The second kappa shape index (κ2) is 8.82. The van der Waals surface area contributed by atoms with Gasteiger partial charge in [0.15, 0.2) is 0 Å². The smallest absolute Gasteiger partial charge is 0.0562 e. The van der Waals surface area contributed by atoms with E-state index in [4.69, 9.17) is 5.73 Å². The van der Waals surface area contributed by atoms with E-state index in [1.54, 1.807) is 13.1 Å². The molecule has 0 saturated heterocycles. The van der Waals surface area contributed by atoms with Crippen molar-refractivity contribution in [2.45, 2.75) is 13.8 Å². The van der Waals surface area contributed by atoms with Crippen LogP contribution in [0.3, 0.4) is 0 Å². The molecule has 0 aromatic heterocycles. The number of hydrogen-bond acceptors (Lipinski definition) is 2. The molecule has 0 atom stereocenters. The third-order valence-corrected chi connectivity index (χ3v) is 1.03. The van der Waals surface area contributed by atoms with Gasteiger partial charge in [-0.15, -0.1) is 0 Å². The Bertz CT molecular complexity index is 146. The fourth-order valence-corrected chi connectivity index (χ4v) is 0.461. The van der Waals surface area contributed by atoms with Crippen LogP contribution in [0, 0.1) is 0 Å². The first-order chi connectivity index (χ1) is 5.26. The van der Waals surface area contributed by atoms with E-state index in [9.17, 15) is 0 Å². The second-order valence-electron chi connectivity index (χ2n) is 1.56. The second-order valence-corrected chi connectivity index (χ2v) is 1.56. The highest BCUT2D eigenvalue weighted by molar-refractivity contribution is 5.33. The fourth-order valence-electron chi connectivity index (χ4n) is 0.461. The highest BCUT2D eigenvalue weighted by atomic mass is 14.8. The summed E-state index contributed by atoms with van der Waals surface area (Å²) in [5.74, 6) is 0. The number of hydrogen-bond donors (Lipinski definition) is 2. The number of likely N-dealkylation sites (N-methyl/N-ethyl adjacent to an activating group) is 1. The van der Waals surface area contributed by atoms with Gasteiger partial charge in [0.25, 0.3) is 0 Å². The van der Waals surface area contributed by atoms with Crippen LogP contribution in [0.1, 0.15) is 13.8 Å². The average Bonchev–Trinajstić information content (AvgIpc) is 2.10. The molecule has 3 N–H and O–H groups in total. The van der Waals surface area contributed by atoms with Crippen molar-refractivity contribution in [1.82, 2.24) is 5.32 Å². The Balaban J connectivity index is 0. The van der Waals surface area contributed by atoms with Crippen molar-refractivity contribution in [2.75, 3.05) is 7.05 Å². The molecule has 64 valence electrons. The van der Waals surface area contributed by atoms with E-state index in [1.807, 2.05) is 13.8 Å². The van der Waals surface area contributed by atoms with Crippen LogP contribution in [0.15, 0.2) is 36.7 Å². The number of allylic oxidation sites excluding steroid dienone is 1. The molecule has 0 fully saturated rings. The summed E-state index contributed by atoms with van der Waals surface area (Å²) in [6.07, 6.45) is 3.11. The quantitative estimate of drug-likeness (QED) is 0.608. The van der Waals surface area contributed by atoms with Gasteiger partial charge in [-0.3, -0.25) is 0 Å². The Morgan fingerprint density at radius 1 is 1.45 bits per heavy atom. The van der Waals surface area contributed by atoms with Crippen molar-refractivity contribution >= 4 is 0 Å². The first kappa shape index (κ1) is 12.5. The Morgan fingerprint density at radius 3 is 2.00 bits per heavy atom. The molecule has 0 aromatic rings. The lowest BCUT2D eigenvalue weighted by molar-refractivity contribution is 1.01. The normalized spacial score (nSPS) is 9.18. The van der Waals surface area contributed by atoms with Crippen molar-refractivity contribution in [3.63, 3.8) is 0 Å². The van der Waals surface area contributed by atoms with Gasteiger partial charge in [-0.25, -0.2) is 0 Å². The first-order valence-corrected chi connectivity index (χ1v) is 3.67. The van der Waals surface area contributed by atoms with Crippen LogP contribution in [-0.4, -0.2) is 7.05 Å². The van der Waals surface area contributed by atoms with Crippen molar-refractivity contribution in [3.05, 3.63) is 36.7 Å². The number of rotatable bonds is 3.